The fourth-order valence-corrected chi connectivity index (χ4v) is 0.993. The van der Waals surface area contributed by atoms with Crippen LogP contribution in [0.25, 0.3) is 0 Å². The summed E-state index contributed by atoms with van der Waals surface area (Å²) in [5.74, 6) is -0.662. The maximum absolute atomic E-state index is 12.6. The van der Waals surface area contributed by atoms with Crippen LogP contribution in [0.5, 0.6) is 0 Å². The number of rotatable bonds is 3. The number of hydrogen-bond donors (Lipinski definition) is 3. The molecular weight excluding hydrogens is 185 g/mol. The predicted octanol–water partition coefficient (Wildman–Crippen LogP) is -0.0172. The van der Waals surface area contributed by atoms with Gasteiger partial charge in [-0.1, -0.05) is 6.07 Å². The highest BCUT2D eigenvalue weighted by Crippen LogP contribution is 2.12. The zero-order chi connectivity index (χ0) is 10.6. The molecule has 0 aliphatic heterocycles. The maximum Gasteiger partial charge on any atom is 0.234 e. The van der Waals surface area contributed by atoms with Gasteiger partial charge in [-0.3, -0.25) is 4.79 Å². The molecule has 0 atom stereocenters. The van der Waals surface area contributed by atoms with Crippen molar-refractivity contribution in [3.05, 3.63) is 29.6 Å². The van der Waals surface area contributed by atoms with Crippen LogP contribution in [0.4, 0.5) is 10.1 Å². The summed E-state index contributed by atoms with van der Waals surface area (Å²) < 4.78 is 12.6. The van der Waals surface area contributed by atoms with Gasteiger partial charge in [-0.15, -0.1) is 0 Å². The molecule has 1 rings (SSSR count). The highest BCUT2D eigenvalue weighted by Gasteiger charge is 2.02. The number of nitrogens with one attached hydrogen (secondary N) is 1. The molecule has 0 saturated heterocycles. The summed E-state index contributed by atoms with van der Waals surface area (Å²) in [5, 5.41) is 2.54. The second-order valence-electron chi connectivity index (χ2n) is 2.82. The molecule has 1 aromatic rings. The van der Waals surface area contributed by atoms with E-state index in [1.807, 2.05) is 0 Å². The fraction of sp³-hybridized carbons (Fsp3) is 0.222. The molecule has 1 aromatic carbocycles. The average Bonchev–Trinajstić information content (AvgIpc) is 2.16. The molecule has 1 amide bonds. The molecule has 5 N–H and O–H groups in total. The van der Waals surface area contributed by atoms with Crippen molar-refractivity contribution in [1.82, 2.24) is 5.32 Å². The van der Waals surface area contributed by atoms with Gasteiger partial charge < -0.3 is 16.8 Å². The summed E-state index contributed by atoms with van der Waals surface area (Å²) in [6, 6.07) is 4.03. The maximum atomic E-state index is 12.6. The molecule has 0 aliphatic carbocycles. The number of carbonyl (C=O) groups is 1. The largest absolute Gasteiger partial charge is 0.398 e. The highest BCUT2D eigenvalue weighted by atomic mass is 19.1. The van der Waals surface area contributed by atoms with Crippen molar-refractivity contribution in [3.63, 3.8) is 0 Å². The van der Waals surface area contributed by atoms with Gasteiger partial charge in [0.1, 0.15) is 5.82 Å². The second-order valence-corrected chi connectivity index (χ2v) is 2.82. The van der Waals surface area contributed by atoms with Crippen molar-refractivity contribution in [2.45, 2.75) is 6.54 Å². The van der Waals surface area contributed by atoms with Gasteiger partial charge >= 0.3 is 0 Å². The zero-order valence-electron chi connectivity index (χ0n) is 7.59. The number of anilines is 1. The van der Waals surface area contributed by atoms with E-state index in [1.54, 1.807) is 0 Å². The van der Waals surface area contributed by atoms with Crippen LogP contribution in [-0.4, -0.2) is 12.5 Å². The van der Waals surface area contributed by atoms with Crippen LogP contribution in [0.1, 0.15) is 5.56 Å². The zero-order valence-corrected chi connectivity index (χ0v) is 7.59. The van der Waals surface area contributed by atoms with E-state index in [-0.39, 0.29) is 19.0 Å². The monoisotopic (exact) mass is 197 g/mol. The Hall–Kier alpha value is -1.62. The number of nitrogens with two attached hydrogens (primary N) is 2. The number of carbonyl (C=O) groups excluding carboxylic acids is 1. The Morgan fingerprint density at radius 1 is 1.50 bits per heavy atom. The SMILES string of the molecule is NCC(=O)NCc1ccc(F)cc1N. The smallest absolute Gasteiger partial charge is 0.234 e. The standard InChI is InChI=1S/C9H12FN3O/c10-7-2-1-6(8(12)3-7)5-13-9(14)4-11/h1-3H,4-5,11-12H2,(H,13,14). The van der Waals surface area contributed by atoms with E-state index >= 15 is 0 Å². The first-order valence-corrected chi connectivity index (χ1v) is 4.14. The van der Waals surface area contributed by atoms with Gasteiger partial charge in [0.05, 0.1) is 6.54 Å². The summed E-state index contributed by atoms with van der Waals surface area (Å²) in [6.07, 6.45) is 0. The number of halogens is 1. The van der Waals surface area contributed by atoms with Crippen LogP contribution in [0, 0.1) is 5.82 Å². The molecule has 0 unspecified atom stereocenters. The van der Waals surface area contributed by atoms with Crippen molar-refractivity contribution in [3.8, 4) is 0 Å². The molecule has 76 valence electrons. The molecule has 0 heterocycles. The van der Waals surface area contributed by atoms with Gasteiger partial charge in [-0.05, 0) is 17.7 Å². The molecule has 4 nitrogen and oxygen atoms in total. The van der Waals surface area contributed by atoms with Gasteiger partial charge in [-0.2, -0.15) is 0 Å². The van der Waals surface area contributed by atoms with Crippen LogP contribution in [0.2, 0.25) is 0 Å². The molecule has 14 heavy (non-hydrogen) atoms. The van der Waals surface area contributed by atoms with E-state index in [0.717, 1.165) is 0 Å². The Kier molecular flexibility index (Phi) is 3.41. The second kappa shape index (κ2) is 4.57. The number of benzene rings is 1. The van der Waals surface area contributed by atoms with Crippen LogP contribution >= 0.6 is 0 Å². The average molecular weight is 197 g/mol. The first-order chi connectivity index (χ1) is 6.63. The summed E-state index contributed by atoms with van der Waals surface area (Å²) in [7, 11) is 0. The Labute approximate surface area is 81.1 Å². The van der Waals surface area contributed by atoms with Crippen LogP contribution < -0.4 is 16.8 Å². The topological polar surface area (TPSA) is 81.1 Å². The first-order valence-electron chi connectivity index (χ1n) is 4.14. The summed E-state index contributed by atoms with van der Waals surface area (Å²) in [6.45, 7) is 0.198. The third kappa shape index (κ3) is 2.70. The van der Waals surface area contributed by atoms with Crippen molar-refractivity contribution in [2.24, 2.45) is 5.73 Å². The molecule has 0 radical (unpaired) electrons. The van der Waals surface area contributed by atoms with Gasteiger partial charge in [0.15, 0.2) is 0 Å². The van der Waals surface area contributed by atoms with Crippen LogP contribution in [0.15, 0.2) is 18.2 Å². The molecule has 0 bridgehead atoms. The minimum absolute atomic E-state index is 0.0684. The Bertz CT molecular complexity index is 341. The fourth-order valence-electron chi connectivity index (χ4n) is 0.993. The highest BCUT2D eigenvalue weighted by molar-refractivity contribution is 5.77. The Morgan fingerprint density at radius 2 is 2.21 bits per heavy atom. The lowest BCUT2D eigenvalue weighted by atomic mass is 10.2. The normalized spacial score (nSPS) is 9.86. The van der Waals surface area contributed by atoms with Crippen molar-refractivity contribution in [1.29, 1.82) is 0 Å². The summed E-state index contributed by atoms with van der Waals surface area (Å²) >= 11 is 0. The first kappa shape index (κ1) is 10.5. The lowest BCUT2D eigenvalue weighted by Crippen LogP contribution is -2.29. The molecule has 0 aliphatic rings. The predicted molar refractivity (Wildman–Crippen MR) is 51.7 cm³/mol. The summed E-state index contributed by atoms with van der Waals surface area (Å²) in [5.41, 5.74) is 11.6. The van der Waals surface area contributed by atoms with Crippen molar-refractivity contribution >= 4 is 11.6 Å². The van der Waals surface area contributed by atoms with E-state index in [2.05, 4.69) is 5.32 Å². The van der Waals surface area contributed by atoms with E-state index in [0.29, 0.717) is 11.3 Å². The Morgan fingerprint density at radius 3 is 2.79 bits per heavy atom. The molecule has 0 fully saturated rings. The van der Waals surface area contributed by atoms with Crippen molar-refractivity contribution in [2.75, 3.05) is 12.3 Å². The minimum atomic E-state index is -0.392. The third-order valence-corrected chi connectivity index (χ3v) is 1.77. The number of hydrogen-bond acceptors (Lipinski definition) is 3. The van der Waals surface area contributed by atoms with E-state index in [1.165, 1.54) is 18.2 Å². The molecule has 0 aromatic heterocycles. The van der Waals surface area contributed by atoms with Gasteiger partial charge in [0, 0.05) is 12.2 Å². The van der Waals surface area contributed by atoms with E-state index in [4.69, 9.17) is 11.5 Å². The number of nitrogen functional groups attached to an aromatic ring is 1. The minimum Gasteiger partial charge on any atom is -0.398 e. The molecule has 0 saturated carbocycles. The van der Waals surface area contributed by atoms with Crippen LogP contribution in [-0.2, 0) is 11.3 Å². The van der Waals surface area contributed by atoms with E-state index in [9.17, 15) is 9.18 Å². The lowest BCUT2D eigenvalue weighted by Gasteiger charge is -2.06. The lowest BCUT2D eigenvalue weighted by molar-refractivity contribution is -0.119. The van der Waals surface area contributed by atoms with Gasteiger partial charge in [-0.25, -0.2) is 4.39 Å². The third-order valence-electron chi connectivity index (χ3n) is 1.77. The summed E-state index contributed by atoms with van der Waals surface area (Å²) in [4.78, 5) is 10.8. The number of amides is 1. The van der Waals surface area contributed by atoms with Crippen molar-refractivity contribution < 1.29 is 9.18 Å². The quantitative estimate of drug-likeness (QED) is 0.596. The van der Waals surface area contributed by atoms with Gasteiger partial charge in [0.25, 0.3) is 0 Å². The van der Waals surface area contributed by atoms with Gasteiger partial charge in [0.2, 0.25) is 5.91 Å². The van der Waals surface area contributed by atoms with Crippen LogP contribution in [0.3, 0.4) is 0 Å². The van der Waals surface area contributed by atoms with E-state index < -0.39 is 5.82 Å². The molecular formula is C9H12FN3O. The Balaban J connectivity index is 2.63. The molecule has 5 heteroatoms. The molecule has 0 spiro atoms.